The van der Waals surface area contributed by atoms with Crippen molar-refractivity contribution in [1.29, 1.82) is 0 Å². The summed E-state index contributed by atoms with van der Waals surface area (Å²) >= 11 is 0. The van der Waals surface area contributed by atoms with Gasteiger partial charge in [-0.05, 0) is 12.8 Å². The molecule has 0 bridgehead atoms. The van der Waals surface area contributed by atoms with E-state index in [-0.39, 0.29) is 11.9 Å². The van der Waals surface area contributed by atoms with E-state index >= 15 is 0 Å². The Morgan fingerprint density at radius 2 is 2.50 bits per heavy atom. The van der Waals surface area contributed by atoms with Gasteiger partial charge in [0.25, 0.3) is 0 Å². The first kappa shape index (κ1) is 11.5. The summed E-state index contributed by atoms with van der Waals surface area (Å²) in [6, 6.07) is 0.399. The van der Waals surface area contributed by atoms with E-state index in [1.54, 1.807) is 0 Å². The van der Waals surface area contributed by atoms with Crippen LogP contribution in [0.4, 0.5) is 0 Å². The number of esters is 1. The van der Waals surface area contributed by atoms with Gasteiger partial charge >= 0.3 is 5.97 Å². The normalized spacial score (nSPS) is 24.3. The van der Waals surface area contributed by atoms with Crippen LogP contribution in [0.15, 0.2) is 0 Å². The van der Waals surface area contributed by atoms with E-state index in [0.717, 1.165) is 26.1 Å². The lowest BCUT2D eigenvalue weighted by molar-refractivity contribution is -0.144. The average Bonchev–Trinajstić information content (AvgIpc) is 2.26. The van der Waals surface area contributed by atoms with Crippen LogP contribution in [0.5, 0.6) is 0 Å². The molecule has 0 radical (unpaired) electrons. The van der Waals surface area contributed by atoms with E-state index in [0.29, 0.717) is 12.6 Å². The summed E-state index contributed by atoms with van der Waals surface area (Å²) < 4.78 is 9.96. The Labute approximate surface area is 85.0 Å². The molecule has 0 aromatic heterocycles. The van der Waals surface area contributed by atoms with Gasteiger partial charge in [0.1, 0.15) is 0 Å². The fourth-order valence-electron chi connectivity index (χ4n) is 1.53. The summed E-state index contributed by atoms with van der Waals surface area (Å²) in [6.07, 6.45) is 2.23. The van der Waals surface area contributed by atoms with Gasteiger partial charge in [-0.25, -0.2) is 0 Å². The predicted octanol–water partition coefficient (Wildman–Crippen LogP) is 0.564. The van der Waals surface area contributed by atoms with Crippen LogP contribution in [0, 0.1) is 5.92 Å². The minimum atomic E-state index is -0.158. The smallest absolute Gasteiger partial charge is 0.309 e. The summed E-state index contributed by atoms with van der Waals surface area (Å²) in [6.45, 7) is 4.15. The number of hydrogen-bond donors (Lipinski definition) is 1. The fraction of sp³-hybridized carbons (Fsp3) is 0.900. The number of hydrogen-bond acceptors (Lipinski definition) is 4. The van der Waals surface area contributed by atoms with E-state index in [4.69, 9.17) is 4.74 Å². The third kappa shape index (κ3) is 3.64. The molecule has 0 aromatic carbocycles. The molecule has 14 heavy (non-hydrogen) atoms. The van der Waals surface area contributed by atoms with Crippen LogP contribution in [0.25, 0.3) is 0 Å². The highest BCUT2D eigenvalue weighted by atomic mass is 16.5. The van der Waals surface area contributed by atoms with Crippen molar-refractivity contribution in [3.8, 4) is 0 Å². The molecule has 2 atom stereocenters. The Bertz CT molecular complexity index is 178. The Kier molecular flexibility index (Phi) is 4.90. The third-order valence-corrected chi connectivity index (χ3v) is 2.48. The molecule has 1 saturated heterocycles. The maximum Gasteiger partial charge on any atom is 0.309 e. The van der Waals surface area contributed by atoms with Crippen LogP contribution in [-0.4, -0.2) is 38.9 Å². The molecule has 2 unspecified atom stereocenters. The highest BCUT2D eigenvalue weighted by molar-refractivity contribution is 5.72. The van der Waals surface area contributed by atoms with Crippen LogP contribution in [0.3, 0.4) is 0 Å². The van der Waals surface area contributed by atoms with E-state index in [9.17, 15) is 4.79 Å². The second-order valence-corrected chi connectivity index (χ2v) is 3.75. The van der Waals surface area contributed by atoms with E-state index in [1.165, 1.54) is 7.11 Å². The lowest BCUT2D eigenvalue weighted by Crippen LogP contribution is -2.40. The van der Waals surface area contributed by atoms with Crippen molar-refractivity contribution in [2.45, 2.75) is 25.8 Å². The van der Waals surface area contributed by atoms with Gasteiger partial charge in [0.05, 0.1) is 19.6 Å². The summed E-state index contributed by atoms with van der Waals surface area (Å²) in [5, 5.41) is 3.31. The first-order chi connectivity index (χ1) is 6.74. The molecule has 1 heterocycles. The third-order valence-electron chi connectivity index (χ3n) is 2.48. The standard InChI is InChI=1S/C10H19NO3/c1-8(10(12)13-2)6-11-9-4-3-5-14-7-9/h8-9,11H,3-7H2,1-2H3. The Morgan fingerprint density at radius 1 is 1.71 bits per heavy atom. The van der Waals surface area contributed by atoms with Crippen molar-refractivity contribution in [2.24, 2.45) is 5.92 Å². The van der Waals surface area contributed by atoms with Crippen molar-refractivity contribution in [3.05, 3.63) is 0 Å². The number of rotatable bonds is 4. The predicted molar refractivity (Wildman–Crippen MR) is 53.0 cm³/mol. The van der Waals surface area contributed by atoms with Crippen LogP contribution < -0.4 is 5.32 Å². The monoisotopic (exact) mass is 201 g/mol. The lowest BCUT2D eigenvalue weighted by Gasteiger charge is -2.24. The van der Waals surface area contributed by atoms with Crippen molar-refractivity contribution in [3.63, 3.8) is 0 Å². The second kappa shape index (κ2) is 5.98. The molecule has 82 valence electrons. The van der Waals surface area contributed by atoms with Gasteiger partial charge in [0.15, 0.2) is 0 Å². The van der Waals surface area contributed by atoms with E-state index in [2.05, 4.69) is 10.1 Å². The molecule has 4 nitrogen and oxygen atoms in total. The maximum absolute atomic E-state index is 11.1. The zero-order chi connectivity index (χ0) is 10.4. The molecule has 1 N–H and O–H groups in total. The molecule has 1 rings (SSSR count). The molecule has 0 amide bonds. The molecule has 0 saturated carbocycles. The molecule has 0 spiro atoms. The maximum atomic E-state index is 11.1. The Balaban J connectivity index is 2.15. The van der Waals surface area contributed by atoms with Crippen LogP contribution in [0.2, 0.25) is 0 Å². The molecule has 0 aliphatic carbocycles. The quantitative estimate of drug-likeness (QED) is 0.675. The van der Waals surface area contributed by atoms with Crippen LogP contribution >= 0.6 is 0 Å². The zero-order valence-electron chi connectivity index (χ0n) is 8.91. The van der Waals surface area contributed by atoms with Gasteiger partial charge in [-0.2, -0.15) is 0 Å². The largest absolute Gasteiger partial charge is 0.469 e. The summed E-state index contributed by atoms with van der Waals surface area (Å²) in [5.41, 5.74) is 0. The van der Waals surface area contributed by atoms with E-state index in [1.807, 2.05) is 6.92 Å². The van der Waals surface area contributed by atoms with Crippen molar-refractivity contribution in [2.75, 3.05) is 26.9 Å². The summed E-state index contributed by atoms with van der Waals surface area (Å²) in [5.74, 6) is -0.240. The van der Waals surface area contributed by atoms with E-state index < -0.39 is 0 Å². The fourth-order valence-corrected chi connectivity index (χ4v) is 1.53. The van der Waals surface area contributed by atoms with Crippen molar-refractivity contribution < 1.29 is 14.3 Å². The first-order valence-electron chi connectivity index (χ1n) is 5.13. The SMILES string of the molecule is COC(=O)C(C)CNC1CCCOC1. The minimum absolute atomic E-state index is 0.0815. The number of carbonyl (C=O) groups excluding carboxylic acids is 1. The number of methoxy groups -OCH3 is 1. The van der Waals surface area contributed by atoms with Gasteiger partial charge < -0.3 is 14.8 Å². The zero-order valence-corrected chi connectivity index (χ0v) is 8.91. The Morgan fingerprint density at radius 3 is 3.07 bits per heavy atom. The molecule has 4 heteroatoms. The molecular weight excluding hydrogens is 182 g/mol. The minimum Gasteiger partial charge on any atom is -0.469 e. The molecule has 1 aliphatic heterocycles. The second-order valence-electron chi connectivity index (χ2n) is 3.75. The van der Waals surface area contributed by atoms with Gasteiger partial charge in [-0.1, -0.05) is 6.92 Å². The summed E-state index contributed by atoms with van der Waals surface area (Å²) in [4.78, 5) is 11.1. The summed E-state index contributed by atoms with van der Waals surface area (Å²) in [7, 11) is 1.42. The number of carbonyl (C=O) groups is 1. The van der Waals surface area contributed by atoms with Crippen molar-refractivity contribution in [1.82, 2.24) is 5.32 Å². The number of ether oxygens (including phenoxy) is 2. The molecule has 1 fully saturated rings. The van der Waals surface area contributed by atoms with Gasteiger partial charge in [0.2, 0.25) is 0 Å². The molecule has 1 aliphatic rings. The highest BCUT2D eigenvalue weighted by Gasteiger charge is 2.17. The number of nitrogens with one attached hydrogen (secondary N) is 1. The first-order valence-corrected chi connectivity index (χ1v) is 5.13. The molecular formula is C10H19NO3. The average molecular weight is 201 g/mol. The van der Waals surface area contributed by atoms with Gasteiger partial charge in [0, 0.05) is 19.2 Å². The highest BCUT2D eigenvalue weighted by Crippen LogP contribution is 2.06. The Hall–Kier alpha value is -0.610. The topological polar surface area (TPSA) is 47.6 Å². The van der Waals surface area contributed by atoms with Gasteiger partial charge in [-0.3, -0.25) is 4.79 Å². The van der Waals surface area contributed by atoms with Crippen LogP contribution in [0.1, 0.15) is 19.8 Å². The lowest BCUT2D eigenvalue weighted by atomic mass is 10.1. The molecule has 0 aromatic rings. The van der Waals surface area contributed by atoms with Crippen molar-refractivity contribution >= 4 is 5.97 Å². The van der Waals surface area contributed by atoms with Gasteiger partial charge in [-0.15, -0.1) is 0 Å². The van der Waals surface area contributed by atoms with Crippen LogP contribution in [-0.2, 0) is 14.3 Å².